The van der Waals surface area contributed by atoms with E-state index in [2.05, 4.69) is 0 Å². The summed E-state index contributed by atoms with van der Waals surface area (Å²) in [5, 5.41) is -8.91. The van der Waals surface area contributed by atoms with Gasteiger partial charge in [-0.2, -0.15) is 0 Å². The Kier molecular flexibility index (Phi) is 55.0. The maximum atomic E-state index is 15.8. The van der Waals surface area contributed by atoms with E-state index in [1.165, 1.54) is 94.1 Å². The van der Waals surface area contributed by atoms with Crippen molar-refractivity contribution in [3.05, 3.63) is 287 Å². The Morgan fingerprint density at radius 3 is 0.394 bits per heavy atom. The van der Waals surface area contributed by atoms with Gasteiger partial charge in [0.15, 0.2) is 0 Å². The Balaban J connectivity index is 1.41. The highest BCUT2D eigenvalue weighted by molar-refractivity contribution is 8.50. The average molecular weight is 2300 g/mol. The first kappa shape index (κ1) is 118. The number of hydrogen-bond acceptors (Lipinski definition) is 42. The quantitative estimate of drug-likeness (QED) is 0.0196. The summed E-state index contributed by atoms with van der Waals surface area (Å²) < 4.78 is 70.6. The van der Waals surface area contributed by atoms with Crippen molar-refractivity contribution in [3.63, 3.8) is 0 Å². The summed E-state index contributed by atoms with van der Waals surface area (Å²) in [7, 11) is 0. The Morgan fingerprint density at radius 1 is 0.190 bits per heavy atom. The smallest absolute Gasteiger partial charge is 0.324 e. The van der Waals surface area contributed by atoms with E-state index in [1.54, 1.807) is 293 Å². The lowest BCUT2D eigenvalue weighted by Crippen LogP contribution is -2.49. The molecule has 728 valence electrons. The third-order valence-corrected chi connectivity index (χ3v) is 41.8. The predicted molar refractivity (Wildman–Crippen MR) is 620 cm³/mol. The molecule has 8 unspecified atom stereocenters. The van der Waals surface area contributed by atoms with E-state index >= 15 is 38.4 Å². The van der Waals surface area contributed by atoms with Crippen LogP contribution in [0.4, 0.5) is 0 Å². The van der Waals surface area contributed by atoms with Crippen LogP contribution in [0.2, 0.25) is 0 Å². The van der Waals surface area contributed by atoms with E-state index in [0.29, 0.717) is 72.7 Å². The van der Waals surface area contributed by atoms with Crippen LogP contribution in [-0.2, 0) is 85.7 Å². The Hall–Kier alpha value is -4.24. The highest BCUT2D eigenvalue weighted by Crippen LogP contribution is 2.45. The first-order valence-electron chi connectivity index (χ1n) is 40.9. The zero-order chi connectivity index (χ0) is 99.1. The summed E-state index contributed by atoms with van der Waals surface area (Å²) in [6.45, 7) is -8.86. The first-order chi connectivity index (χ1) is 66.1. The van der Waals surface area contributed by atoms with Gasteiger partial charge in [0.05, 0.1) is 42.7 Å². The van der Waals surface area contributed by atoms with Gasteiger partial charge < -0.3 is 47.4 Å². The molecule has 8 aromatic rings. The summed E-state index contributed by atoms with van der Waals surface area (Å²) in [5.41, 5.74) is -1.97. The molecule has 0 spiro atoms. The third kappa shape index (κ3) is 39.9. The van der Waals surface area contributed by atoms with Crippen LogP contribution in [0, 0.1) is 16.2 Å². The monoisotopic (exact) mass is 2290 g/mol. The van der Waals surface area contributed by atoms with Crippen LogP contribution < -0.4 is 0 Å². The number of esters is 8. The van der Waals surface area contributed by atoms with Crippen LogP contribution in [0.25, 0.3) is 0 Å². The lowest BCUT2D eigenvalue weighted by Gasteiger charge is -2.38. The topological polar surface area (TPSA) is 229 Å². The zero-order valence-corrected chi connectivity index (χ0v) is 94.4. The van der Waals surface area contributed by atoms with Crippen LogP contribution in [0.1, 0.15) is 86.5 Å². The standard InChI is InChI=1S/C95H96O18S24/c1-122-85(114)130-69(61-33-17-9-18-34-61)77(96)106-53-93(54-107-78(97)70(131-86(115)123-2)62-35-19-10-20-36-62,49-104-51-94(55-108-79(98)71(132-87(116)124-3)63-37-21-11-22-38-63,56-109-80(99)72(133-88(117)125-4)64-39-23-12-24-40-64)57-110-81(100)73(134-89(118)126-5)65-41-25-13-26-42-65)50-105-52-95(58-111-82(101)74(135-90(119)127-6)66-43-27-14-28-44-66,59-112-83(102)75(136-91(120)128-7)67-45-29-15-30-46-67)60-113-84(103)76(137-92(121)129-8)68-47-31-16-32-48-68/h9-48,69-76H,49-60H2,1-8H3. The Labute approximate surface area is 911 Å². The van der Waals surface area contributed by atoms with Crippen molar-refractivity contribution < 1.29 is 85.7 Å². The number of carbonyl (C=O) groups is 8. The molecule has 18 nitrogen and oxygen atoms in total. The fraction of sp³-hybridized carbons (Fsp3) is 0.326. The average Bonchev–Trinajstić information content (AvgIpc) is 0.816. The maximum Gasteiger partial charge on any atom is 0.324 e. The second kappa shape index (κ2) is 63.9. The highest BCUT2D eigenvalue weighted by atomic mass is 32.3. The summed E-state index contributed by atoms with van der Waals surface area (Å²) in [5.74, 6) is -6.57. The van der Waals surface area contributed by atoms with Gasteiger partial charge in [-0.15, -0.1) is 94.1 Å². The maximum absolute atomic E-state index is 15.8. The molecular weight excluding hydrogens is 2200 g/mol. The molecule has 8 atom stereocenters. The van der Waals surface area contributed by atoms with Gasteiger partial charge in [-0.3, -0.25) is 38.4 Å². The molecule has 0 fully saturated rings. The number of rotatable bonds is 48. The fourth-order valence-corrected chi connectivity index (χ4v) is 25.2. The van der Waals surface area contributed by atoms with Crippen LogP contribution in [-0.4, -0.2) is 205 Å². The molecule has 0 aliphatic heterocycles. The molecule has 0 heterocycles. The van der Waals surface area contributed by atoms with Crippen LogP contribution >= 0.6 is 286 Å². The van der Waals surface area contributed by atoms with Gasteiger partial charge in [-0.1, -0.05) is 434 Å². The summed E-state index contributed by atoms with van der Waals surface area (Å²) in [6.07, 6.45) is 14.2. The van der Waals surface area contributed by atoms with Crippen LogP contribution in [0.3, 0.4) is 0 Å². The van der Waals surface area contributed by atoms with Gasteiger partial charge in [0.2, 0.25) is 0 Å². The third-order valence-electron chi connectivity index (χ3n) is 19.4. The van der Waals surface area contributed by atoms with Crippen molar-refractivity contribution in [2.75, 3.05) is 129 Å². The van der Waals surface area contributed by atoms with Crippen molar-refractivity contribution in [1.29, 1.82) is 0 Å². The van der Waals surface area contributed by atoms with Gasteiger partial charge in [0.1, 0.15) is 123 Å². The molecule has 0 aromatic heterocycles. The summed E-state index contributed by atoms with van der Waals surface area (Å²) in [6, 6.07) is 70.3. The molecule has 8 aromatic carbocycles. The van der Waals surface area contributed by atoms with E-state index in [0.717, 1.165) is 94.1 Å². The van der Waals surface area contributed by atoms with Crippen molar-refractivity contribution in [3.8, 4) is 0 Å². The van der Waals surface area contributed by atoms with Crippen molar-refractivity contribution >= 4 is 362 Å². The number of hydrogen-bond donors (Lipinski definition) is 0. The van der Waals surface area contributed by atoms with Gasteiger partial charge in [-0.25, -0.2) is 0 Å². The summed E-state index contributed by atoms with van der Waals surface area (Å²) >= 11 is 64.8. The number of thiocarbonyl (C=S) groups is 8. The number of carbonyl (C=O) groups excluding carboxylic acids is 8. The lowest BCUT2D eigenvalue weighted by molar-refractivity contribution is -0.177. The molecule has 0 saturated carbocycles. The molecule has 137 heavy (non-hydrogen) atoms. The van der Waals surface area contributed by atoms with Gasteiger partial charge in [0.25, 0.3) is 0 Å². The first-order valence-corrected chi connectivity index (χ1v) is 61.0. The van der Waals surface area contributed by atoms with E-state index in [4.69, 9.17) is 145 Å². The normalized spacial score (nSPS) is 14.2. The largest absolute Gasteiger partial charge is 0.464 e. The minimum atomic E-state index is -2.05. The lowest BCUT2D eigenvalue weighted by atomic mass is 9.89. The van der Waals surface area contributed by atoms with E-state index < -0.39 is 185 Å². The van der Waals surface area contributed by atoms with E-state index in [9.17, 15) is 0 Å². The minimum Gasteiger partial charge on any atom is -0.464 e. The molecule has 0 saturated heterocycles. The van der Waals surface area contributed by atoms with Crippen LogP contribution in [0.15, 0.2) is 243 Å². The van der Waals surface area contributed by atoms with Crippen molar-refractivity contribution in [2.24, 2.45) is 16.2 Å². The van der Waals surface area contributed by atoms with Gasteiger partial charge >= 0.3 is 47.8 Å². The number of ether oxygens (including phenoxy) is 10. The van der Waals surface area contributed by atoms with Crippen LogP contribution in [0.5, 0.6) is 0 Å². The second-order valence-electron chi connectivity index (χ2n) is 29.2. The molecule has 0 radical (unpaired) electrons. The van der Waals surface area contributed by atoms with E-state index in [-0.39, 0.29) is 0 Å². The molecule has 8 rings (SSSR count). The Bertz CT molecular complexity index is 4610. The molecule has 0 aliphatic carbocycles. The molecular formula is C95H96O18S24. The molecule has 0 aliphatic rings. The molecule has 0 N–H and O–H groups in total. The van der Waals surface area contributed by atoms with Gasteiger partial charge in [0, 0.05) is 0 Å². The second-order valence-corrected chi connectivity index (χ2v) is 54.2. The van der Waals surface area contributed by atoms with Crippen molar-refractivity contribution in [1.82, 2.24) is 0 Å². The minimum absolute atomic E-state index is 0.371. The summed E-state index contributed by atoms with van der Waals surface area (Å²) in [4.78, 5) is 125. The highest BCUT2D eigenvalue weighted by Gasteiger charge is 2.47. The fourth-order valence-electron chi connectivity index (χ4n) is 12.3. The molecule has 42 heteroatoms. The number of benzene rings is 8. The van der Waals surface area contributed by atoms with Crippen molar-refractivity contribution in [2.45, 2.75) is 42.0 Å². The zero-order valence-electron chi connectivity index (χ0n) is 74.8. The predicted octanol–water partition coefficient (Wildman–Crippen LogP) is 25.3. The molecule has 0 amide bonds. The van der Waals surface area contributed by atoms with Gasteiger partial charge in [-0.05, 0) is 94.6 Å². The van der Waals surface area contributed by atoms with E-state index in [1.807, 2.05) is 0 Å². The Morgan fingerprint density at radius 2 is 0.292 bits per heavy atom. The molecule has 0 bridgehead atoms. The SMILES string of the molecule is CSC(=S)SC(C(=O)OCC(COCC(COC(=O)C(SC(=S)SC)c1ccccc1)(COC(=O)C(SC(=S)SC)c1ccccc1)COC(=O)C(SC(=S)SC)c1ccccc1)(COCC(COC(=O)C(SC(=S)SC)c1ccccc1)(COC(=O)C(SC(=S)SC)c1ccccc1)COC(=O)C(SC(=S)SC)c1ccccc1)COC(=O)C(SC(=S)SC)c1ccccc1)c1ccccc1. The number of thioether (sulfide) groups is 16.